The van der Waals surface area contributed by atoms with Gasteiger partial charge < -0.3 is 9.22 Å². The number of carbonyl (C=O) groups excluding carboxylic acids is 1. The molecule has 0 unspecified atom stereocenters. The Morgan fingerprint density at radius 3 is 2.52 bits per heavy atom. The fourth-order valence-electron chi connectivity index (χ4n) is 3.94. The summed E-state index contributed by atoms with van der Waals surface area (Å²) in [6, 6.07) is 10.0. The Balaban J connectivity index is 1.68. The van der Waals surface area contributed by atoms with Crippen molar-refractivity contribution in [1.82, 2.24) is 0 Å². The first-order valence-corrected chi connectivity index (χ1v) is 8.20. The number of fused-ring (bicyclic) bond motifs is 3. The lowest BCUT2D eigenvalue weighted by molar-refractivity contribution is -0.928. The molecule has 3 aliphatic rings. The number of likely N-dealkylation sites (N-methyl/N-ethyl adjacent to an activating group) is 1. The molecule has 3 heterocycles. The van der Waals surface area contributed by atoms with Gasteiger partial charge in [-0.05, 0) is 12.0 Å². The highest BCUT2D eigenvalue weighted by Crippen LogP contribution is 2.35. The summed E-state index contributed by atoms with van der Waals surface area (Å²) in [5.74, 6) is 0.434. The third kappa shape index (κ3) is 2.98. The van der Waals surface area contributed by atoms with Crippen LogP contribution in [0.2, 0.25) is 0 Å². The zero-order chi connectivity index (χ0) is 14.9. The van der Waals surface area contributed by atoms with Gasteiger partial charge in [-0.25, -0.2) is 0 Å². The lowest BCUT2D eigenvalue weighted by Gasteiger charge is -2.49. The molecule has 0 aliphatic carbocycles. The lowest BCUT2D eigenvalue weighted by atomic mass is 9.83. The van der Waals surface area contributed by atoms with Crippen molar-refractivity contribution in [2.45, 2.75) is 38.2 Å². The zero-order valence-corrected chi connectivity index (χ0v) is 13.1. The van der Waals surface area contributed by atoms with Gasteiger partial charge in [0, 0.05) is 18.8 Å². The van der Waals surface area contributed by atoms with Crippen molar-refractivity contribution in [2.75, 3.05) is 26.7 Å². The molecule has 4 rings (SSSR count). The monoisotopic (exact) mass is 288 g/mol. The van der Waals surface area contributed by atoms with Crippen LogP contribution in [0.5, 0.6) is 0 Å². The number of nitrogens with zero attached hydrogens (tertiary/aromatic N) is 1. The van der Waals surface area contributed by atoms with E-state index in [1.165, 1.54) is 25.9 Å². The van der Waals surface area contributed by atoms with E-state index in [-0.39, 0.29) is 18.0 Å². The van der Waals surface area contributed by atoms with Gasteiger partial charge in [0.15, 0.2) is 6.10 Å². The van der Waals surface area contributed by atoms with E-state index in [9.17, 15) is 4.79 Å². The van der Waals surface area contributed by atoms with Crippen molar-refractivity contribution in [3.63, 3.8) is 0 Å². The molecule has 21 heavy (non-hydrogen) atoms. The Bertz CT molecular complexity index is 491. The minimum absolute atomic E-state index is 0.0333. The molecule has 0 radical (unpaired) electrons. The number of esters is 1. The van der Waals surface area contributed by atoms with Crippen LogP contribution in [0.1, 0.15) is 37.7 Å². The Kier molecular flexibility index (Phi) is 4.03. The maximum absolute atomic E-state index is 12.6. The van der Waals surface area contributed by atoms with E-state index in [0.29, 0.717) is 5.92 Å². The van der Waals surface area contributed by atoms with Crippen molar-refractivity contribution in [3.05, 3.63) is 35.9 Å². The van der Waals surface area contributed by atoms with Crippen LogP contribution >= 0.6 is 0 Å². The fraction of sp³-hybridized carbons (Fsp3) is 0.611. The highest BCUT2D eigenvalue weighted by molar-refractivity contribution is 5.78. The summed E-state index contributed by atoms with van der Waals surface area (Å²) in [6.45, 7) is 5.55. The van der Waals surface area contributed by atoms with E-state index in [2.05, 4.69) is 14.0 Å². The molecular weight excluding hydrogens is 262 g/mol. The Morgan fingerprint density at radius 2 is 1.95 bits per heavy atom. The maximum atomic E-state index is 12.6. The molecule has 1 aromatic carbocycles. The number of hydrogen-bond acceptors (Lipinski definition) is 2. The van der Waals surface area contributed by atoms with Crippen molar-refractivity contribution >= 4 is 5.97 Å². The van der Waals surface area contributed by atoms with Gasteiger partial charge in [0.1, 0.15) is 6.54 Å². The lowest BCUT2D eigenvalue weighted by Crippen LogP contribution is -2.62. The standard InChI is InChI=1S/C18H26NO2/c1-3-16(14-7-5-4-6-8-14)18(20)21-17-13-19(2)11-9-15(17)10-12-19/h4-8,15-17H,3,9-13H2,1-2H3/q+1/t15?,16-,17-,19?/m0/s1. The fourth-order valence-corrected chi connectivity index (χ4v) is 3.94. The average Bonchev–Trinajstić information content (AvgIpc) is 2.49. The number of ether oxygens (including phenoxy) is 1. The molecule has 0 saturated carbocycles. The first kappa shape index (κ1) is 14.6. The predicted molar refractivity (Wildman–Crippen MR) is 82.9 cm³/mol. The molecule has 3 aliphatic heterocycles. The average molecular weight is 288 g/mol. The Morgan fingerprint density at radius 1 is 1.29 bits per heavy atom. The van der Waals surface area contributed by atoms with Gasteiger partial charge in [-0.2, -0.15) is 0 Å². The molecular formula is C18H26NO2+. The number of quaternary nitrogens is 1. The van der Waals surface area contributed by atoms with Crippen LogP contribution in [-0.2, 0) is 9.53 Å². The van der Waals surface area contributed by atoms with Crippen LogP contribution in [0, 0.1) is 5.92 Å². The van der Waals surface area contributed by atoms with Crippen molar-refractivity contribution in [3.8, 4) is 0 Å². The van der Waals surface area contributed by atoms with E-state index in [1.807, 2.05) is 30.3 Å². The van der Waals surface area contributed by atoms with Gasteiger partial charge in [-0.15, -0.1) is 0 Å². The van der Waals surface area contributed by atoms with Crippen LogP contribution in [0.25, 0.3) is 0 Å². The molecule has 2 bridgehead atoms. The first-order valence-electron chi connectivity index (χ1n) is 8.20. The first-order chi connectivity index (χ1) is 10.1. The highest BCUT2D eigenvalue weighted by Gasteiger charge is 2.45. The largest absolute Gasteiger partial charge is 0.456 e. The van der Waals surface area contributed by atoms with Crippen LogP contribution in [0.15, 0.2) is 30.3 Å². The van der Waals surface area contributed by atoms with Crippen LogP contribution in [0.4, 0.5) is 0 Å². The van der Waals surface area contributed by atoms with Gasteiger partial charge in [0.2, 0.25) is 0 Å². The minimum atomic E-state index is -0.119. The zero-order valence-electron chi connectivity index (χ0n) is 13.1. The molecule has 0 aromatic heterocycles. The number of hydrogen-bond donors (Lipinski definition) is 0. The van der Waals surface area contributed by atoms with Crippen molar-refractivity contribution in [1.29, 1.82) is 0 Å². The van der Waals surface area contributed by atoms with Crippen LogP contribution < -0.4 is 0 Å². The Labute approximate surface area is 127 Å². The molecule has 3 saturated heterocycles. The van der Waals surface area contributed by atoms with Crippen molar-refractivity contribution < 1.29 is 14.0 Å². The summed E-state index contributed by atoms with van der Waals surface area (Å²) in [5.41, 5.74) is 1.08. The van der Waals surface area contributed by atoms with Gasteiger partial charge in [0.05, 0.1) is 26.1 Å². The van der Waals surface area contributed by atoms with Gasteiger partial charge in [0.25, 0.3) is 0 Å². The number of benzene rings is 1. The number of rotatable bonds is 4. The molecule has 3 heteroatoms. The van der Waals surface area contributed by atoms with Crippen molar-refractivity contribution in [2.24, 2.45) is 5.92 Å². The van der Waals surface area contributed by atoms with E-state index >= 15 is 0 Å². The second-order valence-corrected chi connectivity index (χ2v) is 6.93. The second-order valence-electron chi connectivity index (χ2n) is 6.93. The maximum Gasteiger partial charge on any atom is 0.313 e. The summed E-state index contributed by atoms with van der Waals surface area (Å²) >= 11 is 0. The number of carbonyl (C=O) groups is 1. The quantitative estimate of drug-likeness (QED) is 0.629. The predicted octanol–water partition coefficient (Wildman–Crippen LogP) is 2.96. The summed E-state index contributed by atoms with van der Waals surface area (Å²) in [5, 5.41) is 0. The number of piperidine rings is 3. The molecule has 0 amide bonds. The van der Waals surface area contributed by atoms with Crippen LogP contribution in [-0.4, -0.2) is 43.2 Å². The molecule has 2 atom stereocenters. The SMILES string of the molecule is CC[C@H](C(=O)O[C@H]1C[N+]2(C)CCC1CC2)c1ccccc1. The summed E-state index contributed by atoms with van der Waals surface area (Å²) < 4.78 is 7.02. The van der Waals surface area contributed by atoms with Crippen LogP contribution in [0.3, 0.4) is 0 Å². The summed E-state index contributed by atoms with van der Waals surface area (Å²) in [7, 11) is 2.30. The van der Waals surface area contributed by atoms with Gasteiger partial charge in [-0.3, -0.25) is 4.79 Å². The molecule has 0 spiro atoms. The van der Waals surface area contributed by atoms with E-state index in [4.69, 9.17) is 4.74 Å². The molecule has 3 fully saturated rings. The summed E-state index contributed by atoms with van der Waals surface area (Å²) in [4.78, 5) is 12.6. The summed E-state index contributed by atoms with van der Waals surface area (Å²) in [6.07, 6.45) is 3.34. The normalized spacial score (nSPS) is 32.7. The molecule has 114 valence electrons. The molecule has 0 N–H and O–H groups in total. The van der Waals surface area contributed by atoms with Gasteiger partial charge >= 0.3 is 5.97 Å². The molecule has 1 aromatic rings. The smallest absolute Gasteiger partial charge is 0.313 e. The second kappa shape index (κ2) is 5.80. The van der Waals surface area contributed by atoms with E-state index in [0.717, 1.165) is 23.0 Å². The third-order valence-electron chi connectivity index (χ3n) is 5.39. The van der Waals surface area contributed by atoms with E-state index in [1.54, 1.807) is 0 Å². The minimum Gasteiger partial charge on any atom is -0.456 e. The topological polar surface area (TPSA) is 26.3 Å². The van der Waals surface area contributed by atoms with Gasteiger partial charge in [-0.1, -0.05) is 37.3 Å². The Hall–Kier alpha value is -1.35. The third-order valence-corrected chi connectivity index (χ3v) is 5.39. The highest BCUT2D eigenvalue weighted by atomic mass is 16.5. The molecule has 3 nitrogen and oxygen atoms in total. The van der Waals surface area contributed by atoms with E-state index < -0.39 is 0 Å².